The molecule has 1 amide bonds. The van der Waals surface area contributed by atoms with E-state index in [0.717, 1.165) is 11.1 Å². The second-order valence-electron chi connectivity index (χ2n) is 9.64. The fraction of sp³-hybridized carbons (Fsp3) is 0.259. The standard InChI is InChI=1S/C27H28N2O5S/c1-27(2,3)21-12-14-22(15-13-21)35(33,34)29-23-7-5-4-6-20(23)16-24(29)25(30)28-17-18-8-10-19(11-9-18)26(31)32/h4-15,24H,16-17H2,1-3H3,(H,28,30)(H,31,32)/t24-/m0/s1. The lowest BCUT2D eigenvalue weighted by Gasteiger charge is -2.27. The van der Waals surface area contributed by atoms with Gasteiger partial charge in [0.05, 0.1) is 16.1 Å². The number of carbonyl (C=O) groups excluding carboxylic acids is 1. The fourth-order valence-electron chi connectivity index (χ4n) is 4.17. The average molecular weight is 493 g/mol. The molecule has 0 saturated heterocycles. The van der Waals surface area contributed by atoms with Crippen LogP contribution in [0.1, 0.15) is 47.8 Å². The summed E-state index contributed by atoms with van der Waals surface area (Å²) >= 11 is 0. The number of para-hydroxylation sites is 1. The van der Waals surface area contributed by atoms with E-state index in [2.05, 4.69) is 26.1 Å². The SMILES string of the molecule is CC(C)(C)c1ccc(S(=O)(=O)N2c3ccccc3C[C@H]2C(=O)NCc2ccc(C(=O)O)cc2)cc1. The molecular weight excluding hydrogens is 464 g/mol. The minimum Gasteiger partial charge on any atom is -0.478 e. The van der Waals surface area contributed by atoms with Gasteiger partial charge in [0.2, 0.25) is 5.91 Å². The van der Waals surface area contributed by atoms with Crippen LogP contribution in [0.3, 0.4) is 0 Å². The van der Waals surface area contributed by atoms with Gasteiger partial charge in [0.1, 0.15) is 6.04 Å². The zero-order valence-electron chi connectivity index (χ0n) is 19.9. The van der Waals surface area contributed by atoms with Crippen LogP contribution < -0.4 is 9.62 Å². The summed E-state index contributed by atoms with van der Waals surface area (Å²) < 4.78 is 28.7. The highest BCUT2D eigenvalue weighted by molar-refractivity contribution is 7.93. The second-order valence-corrected chi connectivity index (χ2v) is 11.5. The summed E-state index contributed by atoms with van der Waals surface area (Å²) in [5.74, 6) is -1.45. The largest absolute Gasteiger partial charge is 0.478 e. The maximum atomic E-state index is 13.7. The summed E-state index contributed by atoms with van der Waals surface area (Å²) in [6.45, 7) is 6.33. The minimum absolute atomic E-state index is 0.117. The Morgan fingerprint density at radius 2 is 1.60 bits per heavy atom. The first-order chi connectivity index (χ1) is 16.5. The van der Waals surface area contributed by atoms with Crippen LogP contribution in [-0.4, -0.2) is 31.4 Å². The van der Waals surface area contributed by atoms with E-state index in [1.807, 2.05) is 24.3 Å². The molecule has 35 heavy (non-hydrogen) atoms. The van der Waals surface area contributed by atoms with Crippen molar-refractivity contribution in [3.63, 3.8) is 0 Å². The maximum absolute atomic E-state index is 13.7. The van der Waals surface area contributed by atoms with Crippen LogP contribution in [0.25, 0.3) is 0 Å². The third-order valence-electron chi connectivity index (χ3n) is 6.17. The molecule has 7 nitrogen and oxygen atoms in total. The summed E-state index contributed by atoms with van der Waals surface area (Å²) in [5, 5.41) is 11.9. The van der Waals surface area contributed by atoms with E-state index in [1.54, 1.807) is 36.4 Å². The van der Waals surface area contributed by atoms with Gasteiger partial charge >= 0.3 is 5.97 Å². The molecule has 182 valence electrons. The number of nitrogens with zero attached hydrogens (tertiary/aromatic N) is 1. The summed E-state index contributed by atoms with van der Waals surface area (Å²) in [5.41, 5.74) is 3.05. The molecule has 2 N–H and O–H groups in total. The second kappa shape index (κ2) is 9.19. The molecule has 1 atom stereocenters. The Morgan fingerprint density at radius 1 is 0.971 bits per heavy atom. The Kier molecular flexibility index (Phi) is 6.42. The number of carboxylic acids is 1. The molecule has 0 unspecified atom stereocenters. The van der Waals surface area contributed by atoms with Gasteiger partial charge in [0.15, 0.2) is 0 Å². The van der Waals surface area contributed by atoms with Crippen LogP contribution in [0, 0.1) is 0 Å². The van der Waals surface area contributed by atoms with Gasteiger partial charge in [0.25, 0.3) is 10.0 Å². The van der Waals surface area contributed by atoms with E-state index in [9.17, 15) is 18.0 Å². The highest BCUT2D eigenvalue weighted by Crippen LogP contribution is 2.37. The Morgan fingerprint density at radius 3 is 2.20 bits per heavy atom. The van der Waals surface area contributed by atoms with Crippen molar-refractivity contribution >= 4 is 27.6 Å². The van der Waals surface area contributed by atoms with Crippen molar-refractivity contribution in [3.8, 4) is 0 Å². The number of anilines is 1. The number of rotatable bonds is 6. The first-order valence-electron chi connectivity index (χ1n) is 11.3. The van der Waals surface area contributed by atoms with Crippen LogP contribution in [0.15, 0.2) is 77.7 Å². The number of carbonyl (C=O) groups is 2. The predicted octanol–water partition coefficient (Wildman–Crippen LogP) is 4.12. The molecule has 1 heterocycles. The molecule has 0 radical (unpaired) electrons. The van der Waals surface area contributed by atoms with Crippen LogP contribution in [0.4, 0.5) is 5.69 Å². The highest BCUT2D eigenvalue weighted by Gasteiger charge is 2.42. The van der Waals surface area contributed by atoms with Gasteiger partial charge < -0.3 is 10.4 Å². The Hall–Kier alpha value is -3.65. The molecule has 0 bridgehead atoms. The Balaban J connectivity index is 1.60. The summed E-state index contributed by atoms with van der Waals surface area (Å²) in [6.07, 6.45) is 0.263. The highest BCUT2D eigenvalue weighted by atomic mass is 32.2. The first-order valence-corrected chi connectivity index (χ1v) is 12.8. The van der Waals surface area contributed by atoms with Gasteiger partial charge in [-0.2, -0.15) is 0 Å². The van der Waals surface area contributed by atoms with E-state index >= 15 is 0 Å². The van der Waals surface area contributed by atoms with Gasteiger partial charge in [-0.15, -0.1) is 0 Å². The molecule has 3 aromatic carbocycles. The number of amides is 1. The quantitative estimate of drug-likeness (QED) is 0.539. The zero-order chi connectivity index (χ0) is 25.4. The van der Waals surface area contributed by atoms with Crippen LogP contribution in [-0.2, 0) is 33.2 Å². The van der Waals surface area contributed by atoms with E-state index in [0.29, 0.717) is 11.3 Å². The van der Waals surface area contributed by atoms with Crippen LogP contribution in [0.5, 0.6) is 0 Å². The molecule has 0 saturated carbocycles. The lowest BCUT2D eigenvalue weighted by molar-refractivity contribution is -0.122. The van der Waals surface area contributed by atoms with E-state index in [1.165, 1.54) is 16.4 Å². The van der Waals surface area contributed by atoms with Crippen molar-refractivity contribution in [2.75, 3.05) is 4.31 Å². The number of hydrogen-bond acceptors (Lipinski definition) is 4. The van der Waals surface area contributed by atoms with Gasteiger partial charge in [-0.25, -0.2) is 13.2 Å². The lowest BCUT2D eigenvalue weighted by atomic mass is 9.87. The average Bonchev–Trinajstić information content (AvgIpc) is 3.23. The Labute approximate surface area is 205 Å². The molecule has 8 heteroatoms. The molecule has 0 aromatic heterocycles. The molecule has 0 aliphatic carbocycles. The predicted molar refractivity (Wildman–Crippen MR) is 134 cm³/mol. The maximum Gasteiger partial charge on any atom is 0.335 e. The molecule has 3 aromatic rings. The summed E-state index contributed by atoms with van der Waals surface area (Å²) in [4.78, 5) is 24.4. The number of hydrogen-bond donors (Lipinski definition) is 2. The smallest absolute Gasteiger partial charge is 0.335 e. The lowest BCUT2D eigenvalue weighted by Crippen LogP contribution is -2.47. The monoisotopic (exact) mass is 492 g/mol. The first kappa shape index (κ1) is 24.5. The van der Waals surface area contributed by atoms with Crippen molar-refractivity contribution in [3.05, 3.63) is 95.1 Å². The van der Waals surface area contributed by atoms with E-state index in [-0.39, 0.29) is 28.8 Å². The fourth-order valence-corrected chi connectivity index (χ4v) is 5.82. The number of nitrogens with one attached hydrogen (secondary N) is 1. The van der Waals surface area contributed by atoms with Crippen LogP contribution >= 0.6 is 0 Å². The van der Waals surface area contributed by atoms with Gasteiger partial charge in [0, 0.05) is 13.0 Å². The molecular formula is C27H28N2O5S. The molecule has 1 aliphatic heterocycles. The van der Waals surface area contributed by atoms with Crippen molar-refractivity contribution in [2.45, 2.75) is 50.1 Å². The van der Waals surface area contributed by atoms with Gasteiger partial charge in [-0.3, -0.25) is 9.10 Å². The normalized spacial score (nSPS) is 15.5. The molecule has 0 fully saturated rings. The van der Waals surface area contributed by atoms with Crippen molar-refractivity contribution in [1.29, 1.82) is 0 Å². The van der Waals surface area contributed by atoms with E-state index < -0.39 is 27.9 Å². The number of aromatic carboxylic acids is 1. The van der Waals surface area contributed by atoms with Gasteiger partial charge in [-0.05, 0) is 52.4 Å². The number of carboxylic acid groups (broad SMARTS) is 1. The van der Waals surface area contributed by atoms with Crippen molar-refractivity contribution in [2.24, 2.45) is 0 Å². The topological polar surface area (TPSA) is 104 Å². The number of sulfonamides is 1. The Bertz CT molecular complexity index is 1360. The third kappa shape index (κ3) is 4.93. The summed E-state index contributed by atoms with van der Waals surface area (Å²) in [7, 11) is -4.00. The molecule has 1 aliphatic rings. The molecule has 0 spiro atoms. The summed E-state index contributed by atoms with van der Waals surface area (Å²) in [6, 6.07) is 19.2. The minimum atomic E-state index is -4.00. The van der Waals surface area contributed by atoms with Crippen molar-refractivity contribution < 1.29 is 23.1 Å². The molecule has 4 rings (SSSR count). The van der Waals surface area contributed by atoms with Gasteiger partial charge in [-0.1, -0.05) is 63.2 Å². The third-order valence-corrected chi connectivity index (χ3v) is 8.01. The van der Waals surface area contributed by atoms with Crippen LogP contribution in [0.2, 0.25) is 0 Å². The van der Waals surface area contributed by atoms with E-state index in [4.69, 9.17) is 5.11 Å². The zero-order valence-corrected chi connectivity index (χ0v) is 20.7. The number of benzene rings is 3. The van der Waals surface area contributed by atoms with Crippen molar-refractivity contribution in [1.82, 2.24) is 5.32 Å². The number of fused-ring (bicyclic) bond motifs is 1.